The zero-order valence-electron chi connectivity index (χ0n) is 12.7. The second-order valence-electron chi connectivity index (χ2n) is 5.10. The Kier molecular flexibility index (Phi) is 5.11. The van der Waals surface area contributed by atoms with Gasteiger partial charge in [-0.1, -0.05) is 29.8 Å². The molecule has 1 N–H and O–H groups in total. The number of nitriles is 1. The van der Waals surface area contributed by atoms with E-state index in [1.54, 1.807) is 36.4 Å². The molecule has 0 aliphatic rings. The van der Waals surface area contributed by atoms with Gasteiger partial charge in [-0.05, 0) is 31.2 Å². The van der Waals surface area contributed by atoms with Crippen molar-refractivity contribution in [1.82, 2.24) is 0 Å². The summed E-state index contributed by atoms with van der Waals surface area (Å²) >= 11 is 0. The molecule has 0 radical (unpaired) electrons. The lowest BCUT2D eigenvalue weighted by Crippen LogP contribution is -2.33. The van der Waals surface area contributed by atoms with Gasteiger partial charge in [-0.15, -0.1) is 0 Å². The molecular formula is C18H16N2O3. The van der Waals surface area contributed by atoms with Crippen molar-refractivity contribution in [2.24, 2.45) is 0 Å². The number of aliphatic carboxylic acids is 1. The van der Waals surface area contributed by atoms with E-state index in [0.29, 0.717) is 16.8 Å². The molecule has 2 aromatic carbocycles. The number of aryl methyl sites for hydroxylation is 1. The SMILES string of the molecule is Cc1ccc(C(=O)N(CCC(=O)O)c2ccccc2C#N)cc1. The Bertz CT molecular complexity index is 761. The number of carboxylic acids is 1. The summed E-state index contributed by atoms with van der Waals surface area (Å²) in [4.78, 5) is 25.0. The van der Waals surface area contributed by atoms with Crippen LogP contribution >= 0.6 is 0 Å². The van der Waals surface area contributed by atoms with Crippen molar-refractivity contribution in [2.75, 3.05) is 11.4 Å². The van der Waals surface area contributed by atoms with Gasteiger partial charge in [0.15, 0.2) is 0 Å². The van der Waals surface area contributed by atoms with Gasteiger partial charge in [0.05, 0.1) is 17.7 Å². The Morgan fingerprint density at radius 1 is 1.13 bits per heavy atom. The van der Waals surface area contributed by atoms with E-state index in [1.807, 2.05) is 25.1 Å². The number of hydrogen-bond donors (Lipinski definition) is 1. The van der Waals surface area contributed by atoms with Crippen molar-refractivity contribution in [3.63, 3.8) is 0 Å². The van der Waals surface area contributed by atoms with E-state index < -0.39 is 5.97 Å². The monoisotopic (exact) mass is 308 g/mol. The number of carbonyl (C=O) groups excluding carboxylic acids is 1. The third-order valence-electron chi connectivity index (χ3n) is 3.41. The number of amides is 1. The normalized spacial score (nSPS) is 9.91. The van der Waals surface area contributed by atoms with Crippen LogP contribution in [0.4, 0.5) is 5.69 Å². The van der Waals surface area contributed by atoms with E-state index >= 15 is 0 Å². The van der Waals surface area contributed by atoms with Gasteiger partial charge in [-0.25, -0.2) is 0 Å². The number of para-hydroxylation sites is 1. The summed E-state index contributed by atoms with van der Waals surface area (Å²) in [6.07, 6.45) is -0.197. The quantitative estimate of drug-likeness (QED) is 0.920. The molecule has 0 aliphatic heterocycles. The van der Waals surface area contributed by atoms with Crippen molar-refractivity contribution >= 4 is 17.6 Å². The zero-order valence-corrected chi connectivity index (χ0v) is 12.7. The van der Waals surface area contributed by atoms with Crippen LogP contribution in [0.15, 0.2) is 48.5 Å². The standard InChI is InChI=1S/C18H16N2O3/c1-13-6-8-14(9-7-13)18(23)20(11-10-17(21)22)16-5-3-2-4-15(16)12-19/h2-9H,10-11H2,1H3,(H,21,22). The Morgan fingerprint density at radius 3 is 2.39 bits per heavy atom. The summed E-state index contributed by atoms with van der Waals surface area (Å²) in [6, 6.07) is 15.7. The fourth-order valence-electron chi connectivity index (χ4n) is 2.19. The fourth-order valence-corrected chi connectivity index (χ4v) is 2.19. The molecule has 1 amide bonds. The third kappa shape index (κ3) is 3.95. The smallest absolute Gasteiger partial charge is 0.305 e. The minimum atomic E-state index is -0.999. The largest absolute Gasteiger partial charge is 0.481 e. The highest BCUT2D eigenvalue weighted by molar-refractivity contribution is 6.07. The Morgan fingerprint density at radius 2 is 1.78 bits per heavy atom. The predicted octanol–water partition coefficient (Wildman–Crippen LogP) is 2.99. The van der Waals surface area contributed by atoms with Gasteiger partial charge in [0, 0.05) is 12.1 Å². The molecule has 0 bridgehead atoms. The first-order chi connectivity index (χ1) is 11.0. The van der Waals surface area contributed by atoms with Gasteiger partial charge in [0.25, 0.3) is 5.91 Å². The average Bonchev–Trinajstić information content (AvgIpc) is 2.55. The van der Waals surface area contributed by atoms with Crippen LogP contribution in [-0.4, -0.2) is 23.5 Å². The maximum Gasteiger partial charge on any atom is 0.305 e. The molecule has 0 saturated heterocycles. The van der Waals surface area contributed by atoms with Crippen molar-refractivity contribution in [1.29, 1.82) is 5.26 Å². The first-order valence-corrected chi connectivity index (χ1v) is 7.12. The fraction of sp³-hybridized carbons (Fsp3) is 0.167. The van der Waals surface area contributed by atoms with Crippen molar-refractivity contribution in [3.8, 4) is 6.07 Å². The molecule has 0 aromatic heterocycles. The number of nitrogens with zero attached hydrogens (tertiary/aromatic N) is 2. The lowest BCUT2D eigenvalue weighted by molar-refractivity contribution is -0.136. The molecule has 0 spiro atoms. The highest BCUT2D eigenvalue weighted by Gasteiger charge is 2.21. The van der Waals surface area contributed by atoms with Crippen LogP contribution in [0.3, 0.4) is 0 Å². The highest BCUT2D eigenvalue weighted by Crippen LogP contribution is 2.22. The van der Waals surface area contributed by atoms with Crippen LogP contribution in [0, 0.1) is 18.3 Å². The first kappa shape index (κ1) is 16.2. The van der Waals surface area contributed by atoms with Crippen LogP contribution in [0.25, 0.3) is 0 Å². The summed E-state index contributed by atoms with van der Waals surface area (Å²) < 4.78 is 0. The molecule has 0 atom stereocenters. The average molecular weight is 308 g/mol. The Hall–Kier alpha value is -3.13. The molecular weight excluding hydrogens is 292 g/mol. The highest BCUT2D eigenvalue weighted by atomic mass is 16.4. The van der Waals surface area contributed by atoms with Crippen LogP contribution in [-0.2, 0) is 4.79 Å². The van der Waals surface area contributed by atoms with Crippen molar-refractivity contribution in [3.05, 3.63) is 65.2 Å². The Labute approximate surface area is 134 Å². The van der Waals surface area contributed by atoms with E-state index in [4.69, 9.17) is 5.11 Å². The summed E-state index contributed by atoms with van der Waals surface area (Å²) in [7, 11) is 0. The maximum atomic E-state index is 12.8. The van der Waals surface area contributed by atoms with E-state index in [0.717, 1.165) is 5.56 Å². The molecule has 116 valence electrons. The van der Waals surface area contributed by atoms with Gasteiger partial charge in [-0.3, -0.25) is 9.59 Å². The van der Waals surface area contributed by atoms with Gasteiger partial charge in [-0.2, -0.15) is 5.26 Å². The molecule has 0 unspecified atom stereocenters. The molecule has 2 rings (SSSR count). The second kappa shape index (κ2) is 7.23. The summed E-state index contributed by atoms with van der Waals surface area (Å²) in [6.45, 7) is 1.92. The summed E-state index contributed by atoms with van der Waals surface area (Å²) in [5.41, 5.74) is 2.23. The van der Waals surface area contributed by atoms with Gasteiger partial charge >= 0.3 is 5.97 Å². The summed E-state index contributed by atoms with van der Waals surface area (Å²) in [5.74, 6) is -1.32. The molecule has 5 heteroatoms. The van der Waals surface area contributed by atoms with Crippen LogP contribution < -0.4 is 4.90 Å². The third-order valence-corrected chi connectivity index (χ3v) is 3.41. The number of anilines is 1. The Balaban J connectivity index is 2.41. The molecule has 0 aliphatic carbocycles. The first-order valence-electron chi connectivity index (χ1n) is 7.12. The molecule has 5 nitrogen and oxygen atoms in total. The number of rotatable bonds is 5. The number of carbonyl (C=O) groups is 2. The lowest BCUT2D eigenvalue weighted by atomic mass is 10.1. The maximum absolute atomic E-state index is 12.8. The number of carboxylic acid groups (broad SMARTS) is 1. The van der Waals surface area contributed by atoms with E-state index in [-0.39, 0.29) is 18.9 Å². The lowest BCUT2D eigenvalue weighted by Gasteiger charge is -2.23. The van der Waals surface area contributed by atoms with Crippen LogP contribution in [0.2, 0.25) is 0 Å². The van der Waals surface area contributed by atoms with Crippen molar-refractivity contribution < 1.29 is 14.7 Å². The van der Waals surface area contributed by atoms with Gasteiger partial charge in [0.1, 0.15) is 6.07 Å². The summed E-state index contributed by atoms with van der Waals surface area (Å²) in [5, 5.41) is 18.2. The van der Waals surface area contributed by atoms with E-state index in [1.165, 1.54) is 4.90 Å². The van der Waals surface area contributed by atoms with Crippen LogP contribution in [0.5, 0.6) is 0 Å². The minimum Gasteiger partial charge on any atom is -0.481 e. The van der Waals surface area contributed by atoms with Crippen molar-refractivity contribution in [2.45, 2.75) is 13.3 Å². The molecule has 23 heavy (non-hydrogen) atoms. The molecule has 0 saturated carbocycles. The van der Waals surface area contributed by atoms with E-state index in [9.17, 15) is 14.9 Å². The minimum absolute atomic E-state index is 0.000731. The predicted molar refractivity (Wildman–Crippen MR) is 86.3 cm³/mol. The topological polar surface area (TPSA) is 81.4 Å². The second-order valence-corrected chi connectivity index (χ2v) is 5.10. The number of hydrogen-bond acceptors (Lipinski definition) is 3. The van der Waals surface area contributed by atoms with E-state index in [2.05, 4.69) is 0 Å². The molecule has 0 heterocycles. The van der Waals surface area contributed by atoms with Gasteiger partial charge < -0.3 is 10.0 Å². The molecule has 0 fully saturated rings. The zero-order chi connectivity index (χ0) is 16.8. The molecule has 2 aromatic rings. The van der Waals surface area contributed by atoms with Gasteiger partial charge in [0.2, 0.25) is 0 Å². The van der Waals surface area contributed by atoms with Crippen LogP contribution in [0.1, 0.15) is 27.9 Å². The number of benzene rings is 2.